The van der Waals surface area contributed by atoms with Gasteiger partial charge in [0.2, 0.25) is 0 Å². The topological polar surface area (TPSA) is 29.9 Å². The Morgan fingerprint density at radius 3 is 2.35 bits per heavy atom. The number of halogens is 2. The Balaban J connectivity index is 2.69. The van der Waals surface area contributed by atoms with Crippen molar-refractivity contribution in [1.29, 1.82) is 0 Å². The zero-order valence-electron chi connectivity index (χ0n) is 10.7. The first-order valence-electron chi connectivity index (χ1n) is 6.13. The molecule has 1 aromatic rings. The number of hydrogen-bond acceptors (Lipinski definition) is 2. The van der Waals surface area contributed by atoms with Gasteiger partial charge in [0, 0.05) is 17.9 Å². The van der Waals surface area contributed by atoms with E-state index in [1.807, 2.05) is 0 Å². The highest BCUT2D eigenvalue weighted by Gasteiger charge is 2.23. The zero-order valence-corrected chi connectivity index (χ0v) is 10.7. The van der Waals surface area contributed by atoms with Gasteiger partial charge >= 0.3 is 6.55 Å². The number of nitrogens with zero attached hydrogens (tertiary/aromatic N) is 2. The summed E-state index contributed by atoms with van der Waals surface area (Å²) in [7, 11) is 0. The van der Waals surface area contributed by atoms with E-state index in [0.29, 0.717) is 12.4 Å². The highest BCUT2D eigenvalue weighted by molar-refractivity contribution is 4.95. The largest absolute Gasteiger partial charge is 0.319 e. The van der Waals surface area contributed by atoms with Gasteiger partial charge in [-0.25, -0.2) is 4.98 Å². The van der Waals surface area contributed by atoms with Gasteiger partial charge in [-0.2, -0.15) is 8.78 Å². The first-order chi connectivity index (χ1) is 8.08. The van der Waals surface area contributed by atoms with Crippen LogP contribution in [-0.2, 0) is 6.54 Å². The second-order valence-corrected chi connectivity index (χ2v) is 4.22. The summed E-state index contributed by atoms with van der Waals surface area (Å²) in [4.78, 5) is 3.96. The molecule has 0 fully saturated rings. The molecule has 0 saturated carbocycles. The monoisotopic (exact) mass is 245 g/mol. The molecule has 0 saturated heterocycles. The summed E-state index contributed by atoms with van der Waals surface area (Å²) in [6, 6.07) is 0. The third-order valence-electron chi connectivity index (χ3n) is 3.61. The van der Waals surface area contributed by atoms with Crippen LogP contribution >= 0.6 is 0 Å². The summed E-state index contributed by atoms with van der Waals surface area (Å²) in [5.74, 6) is 0.389. The van der Waals surface area contributed by atoms with Gasteiger partial charge in [0.05, 0.1) is 6.54 Å². The number of aromatic nitrogens is 2. The van der Waals surface area contributed by atoms with Gasteiger partial charge in [0.25, 0.3) is 0 Å². The standard InChI is InChI=1S/C12H21F2N3/c1-4-12(5-2,6-3)16-9-10-15-7-8-17(10)11(13)14/h7-8,11,16H,4-6,9H2,1-3H3. The van der Waals surface area contributed by atoms with Crippen molar-refractivity contribution in [2.24, 2.45) is 0 Å². The molecule has 5 heteroatoms. The van der Waals surface area contributed by atoms with Gasteiger partial charge in [-0.1, -0.05) is 20.8 Å². The first-order valence-corrected chi connectivity index (χ1v) is 6.13. The lowest BCUT2D eigenvalue weighted by atomic mass is 9.90. The van der Waals surface area contributed by atoms with E-state index in [2.05, 4.69) is 31.1 Å². The van der Waals surface area contributed by atoms with Crippen LogP contribution in [0.1, 0.15) is 52.4 Å². The van der Waals surface area contributed by atoms with Crippen molar-refractivity contribution in [3.8, 4) is 0 Å². The minimum atomic E-state index is -2.52. The summed E-state index contributed by atoms with van der Waals surface area (Å²) in [5, 5.41) is 3.36. The molecule has 3 nitrogen and oxygen atoms in total. The number of imidazole rings is 1. The number of hydrogen-bond donors (Lipinski definition) is 1. The Labute approximate surface area is 101 Å². The van der Waals surface area contributed by atoms with Crippen molar-refractivity contribution in [2.45, 2.75) is 58.7 Å². The van der Waals surface area contributed by atoms with Gasteiger partial charge in [0.1, 0.15) is 5.82 Å². The quantitative estimate of drug-likeness (QED) is 0.798. The summed E-state index contributed by atoms with van der Waals surface area (Å²) >= 11 is 0. The molecule has 0 amide bonds. The molecular weight excluding hydrogens is 224 g/mol. The Bertz CT molecular complexity index is 324. The number of alkyl halides is 2. The van der Waals surface area contributed by atoms with E-state index in [4.69, 9.17) is 0 Å². The van der Waals surface area contributed by atoms with Crippen LogP contribution in [0.5, 0.6) is 0 Å². The Morgan fingerprint density at radius 2 is 1.88 bits per heavy atom. The molecule has 0 spiro atoms. The lowest BCUT2D eigenvalue weighted by molar-refractivity contribution is 0.0659. The molecule has 0 aliphatic heterocycles. The Morgan fingerprint density at radius 1 is 1.29 bits per heavy atom. The molecule has 0 unspecified atom stereocenters. The van der Waals surface area contributed by atoms with E-state index in [-0.39, 0.29) is 5.54 Å². The lowest BCUT2D eigenvalue weighted by Crippen LogP contribution is -2.43. The van der Waals surface area contributed by atoms with E-state index in [1.165, 1.54) is 12.4 Å². The maximum atomic E-state index is 12.6. The van der Waals surface area contributed by atoms with Crippen LogP contribution in [0.25, 0.3) is 0 Å². The zero-order chi connectivity index (χ0) is 12.9. The SMILES string of the molecule is CCC(CC)(CC)NCc1nccn1C(F)F. The van der Waals surface area contributed by atoms with Crippen molar-refractivity contribution < 1.29 is 8.78 Å². The van der Waals surface area contributed by atoms with Crippen LogP contribution in [-0.4, -0.2) is 15.1 Å². The van der Waals surface area contributed by atoms with Gasteiger partial charge in [0.15, 0.2) is 0 Å². The molecule has 0 bridgehead atoms. The summed E-state index contributed by atoms with van der Waals surface area (Å²) in [5.41, 5.74) is 0.0267. The molecule has 1 aromatic heterocycles. The molecular formula is C12H21F2N3. The molecule has 0 atom stereocenters. The predicted molar refractivity (Wildman–Crippen MR) is 63.9 cm³/mol. The second-order valence-electron chi connectivity index (χ2n) is 4.22. The van der Waals surface area contributed by atoms with E-state index in [0.717, 1.165) is 23.8 Å². The van der Waals surface area contributed by atoms with Crippen LogP contribution < -0.4 is 5.32 Å². The maximum Gasteiger partial charge on any atom is 0.319 e. The van der Waals surface area contributed by atoms with Gasteiger partial charge in [-0.05, 0) is 19.3 Å². The average molecular weight is 245 g/mol. The van der Waals surface area contributed by atoms with Gasteiger partial charge in [-0.3, -0.25) is 4.57 Å². The number of nitrogens with one attached hydrogen (secondary N) is 1. The van der Waals surface area contributed by atoms with E-state index < -0.39 is 6.55 Å². The van der Waals surface area contributed by atoms with Crippen LogP contribution in [0, 0.1) is 0 Å². The van der Waals surface area contributed by atoms with E-state index in [1.54, 1.807) is 0 Å². The van der Waals surface area contributed by atoms with Gasteiger partial charge < -0.3 is 5.32 Å². The van der Waals surface area contributed by atoms with Gasteiger partial charge in [-0.15, -0.1) is 0 Å². The van der Waals surface area contributed by atoms with Crippen LogP contribution in [0.15, 0.2) is 12.4 Å². The predicted octanol–water partition coefficient (Wildman–Crippen LogP) is 3.34. The van der Waals surface area contributed by atoms with Crippen molar-refractivity contribution >= 4 is 0 Å². The second kappa shape index (κ2) is 6.10. The third kappa shape index (κ3) is 3.25. The van der Waals surface area contributed by atoms with E-state index >= 15 is 0 Å². The molecule has 1 rings (SSSR count). The van der Waals surface area contributed by atoms with Crippen LogP contribution in [0.4, 0.5) is 8.78 Å². The molecule has 17 heavy (non-hydrogen) atoms. The van der Waals surface area contributed by atoms with E-state index in [9.17, 15) is 8.78 Å². The molecule has 98 valence electrons. The minimum absolute atomic E-state index is 0.0267. The first kappa shape index (κ1) is 14.1. The molecule has 0 aromatic carbocycles. The summed E-state index contributed by atoms with van der Waals surface area (Å²) < 4.78 is 26.1. The van der Waals surface area contributed by atoms with Crippen molar-refractivity contribution in [3.63, 3.8) is 0 Å². The van der Waals surface area contributed by atoms with Crippen LogP contribution in [0.3, 0.4) is 0 Å². The smallest absolute Gasteiger partial charge is 0.304 e. The number of rotatable bonds is 7. The van der Waals surface area contributed by atoms with Crippen molar-refractivity contribution in [3.05, 3.63) is 18.2 Å². The Hall–Kier alpha value is -0.970. The average Bonchev–Trinajstić information content (AvgIpc) is 2.80. The third-order valence-corrected chi connectivity index (χ3v) is 3.61. The fraction of sp³-hybridized carbons (Fsp3) is 0.750. The Kier molecular flexibility index (Phi) is 5.05. The molecule has 1 heterocycles. The summed E-state index contributed by atoms with van der Waals surface area (Å²) in [6.07, 6.45) is 5.67. The highest BCUT2D eigenvalue weighted by atomic mass is 19.3. The highest BCUT2D eigenvalue weighted by Crippen LogP contribution is 2.20. The van der Waals surface area contributed by atoms with Crippen molar-refractivity contribution in [1.82, 2.24) is 14.9 Å². The normalized spacial score (nSPS) is 12.4. The fourth-order valence-electron chi connectivity index (χ4n) is 2.05. The van der Waals surface area contributed by atoms with Crippen molar-refractivity contribution in [2.75, 3.05) is 0 Å². The molecule has 1 N–H and O–H groups in total. The fourth-order valence-corrected chi connectivity index (χ4v) is 2.05. The minimum Gasteiger partial charge on any atom is -0.304 e. The molecule has 0 aliphatic rings. The maximum absolute atomic E-state index is 12.6. The lowest BCUT2D eigenvalue weighted by Gasteiger charge is -2.31. The summed E-state index contributed by atoms with van der Waals surface area (Å²) in [6.45, 7) is 4.19. The van der Waals surface area contributed by atoms with Crippen LogP contribution in [0.2, 0.25) is 0 Å². The molecule has 0 radical (unpaired) electrons. The molecule has 0 aliphatic carbocycles.